The Hall–Kier alpha value is -4.00. The first-order valence-corrected chi connectivity index (χ1v) is 9.30. The van der Waals surface area contributed by atoms with Crippen molar-refractivity contribution in [1.29, 1.82) is 0 Å². The van der Waals surface area contributed by atoms with Gasteiger partial charge in [0.05, 0.1) is 11.3 Å². The summed E-state index contributed by atoms with van der Waals surface area (Å²) in [5, 5.41) is 3.20. The lowest BCUT2D eigenvalue weighted by atomic mass is 10.1. The number of nitrogens with one attached hydrogen (secondary N) is 2. The Morgan fingerprint density at radius 2 is 1.71 bits per heavy atom. The molecular weight excluding hydrogens is 494 g/mol. The Labute approximate surface area is 191 Å². The van der Waals surface area contributed by atoms with Crippen LogP contribution < -0.4 is 21.1 Å². The Kier molecular flexibility index (Phi) is 6.86. The maximum absolute atomic E-state index is 14.1. The molecule has 0 radical (unpaired) electrons. The zero-order chi connectivity index (χ0) is 25.2. The number of nitrogens with two attached hydrogens (primary N) is 1. The van der Waals surface area contributed by atoms with Gasteiger partial charge in [0, 0.05) is 18.0 Å². The van der Waals surface area contributed by atoms with Crippen LogP contribution in [0, 0.1) is 17.5 Å². The van der Waals surface area contributed by atoms with Gasteiger partial charge < -0.3 is 15.8 Å². The van der Waals surface area contributed by atoms with Crippen molar-refractivity contribution in [2.24, 2.45) is 0 Å². The number of anilines is 2. The number of urea groups is 1. The fourth-order valence-electron chi connectivity index (χ4n) is 2.52. The van der Waals surface area contributed by atoms with Crippen molar-refractivity contribution in [3.05, 3.63) is 76.2 Å². The molecule has 0 atom stereocenters. The minimum absolute atomic E-state index is 0.168. The number of carbonyl (C=O) groups is 2. The van der Waals surface area contributed by atoms with Gasteiger partial charge >= 0.3 is 12.2 Å². The third-order valence-electron chi connectivity index (χ3n) is 4.11. The third-order valence-corrected chi connectivity index (χ3v) is 4.38. The van der Waals surface area contributed by atoms with Crippen LogP contribution in [0.1, 0.15) is 15.9 Å². The van der Waals surface area contributed by atoms with Gasteiger partial charge in [-0.2, -0.15) is 13.2 Å². The number of amides is 3. The van der Waals surface area contributed by atoms with E-state index in [1.165, 1.54) is 0 Å². The number of hydrogen-bond acceptors (Lipinski definition) is 5. The van der Waals surface area contributed by atoms with Gasteiger partial charge in [-0.1, -0.05) is 11.6 Å². The molecule has 3 amide bonds. The van der Waals surface area contributed by atoms with Crippen molar-refractivity contribution in [2.45, 2.75) is 6.18 Å². The number of nitrogen functional groups attached to an aromatic ring is 1. The second-order valence-electron chi connectivity index (χ2n) is 6.49. The first kappa shape index (κ1) is 24.6. The highest BCUT2D eigenvalue weighted by Crippen LogP contribution is 2.35. The number of nitrogens with zero attached hydrogens (tertiary/aromatic N) is 1. The first-order valence-electron chi connectivity index (χ1n) is 8.92. The molecular formula is C20H11ClF6N4O3. The Morgan fingerprint density at radius 1 is 1.03 bits per heavy atom. The van der Waals surface area contributed by atoms with E-state index >= 15 is 0 Å². The van der Waals surface area contributed by atoms with E-state index in [-0.39, 0.29) is 5.69 Å². The maximum atomic E-state index is 14.1. The average Bonchev–Trinajstić information content (AvgIpc) is 2.74. The summed E-state index contributed by atoms with van der Waals surface area (Å²) < 4.78 is 85.0. The number of hydrogen-bond donors (Lipinski definition) is 3. The number of pyridine rings is 1. The molecule has 0 aliphatic heterocycles. The van der Waals surface area contributed by atoms with Gasteiger partial charge in [0.15, 0.2) is 17.4 Å². The number of benzene rings is 2. The van der Waals surface area contributed by atoms with Crippen LogP contribution in [0.15, 0.2) is 42.6 Å². The summed E-state index contributed by atoms with van der Waals surface area (Å²) in [5.41, 5.74) is 2.33. The van der Waals surface area contributed by atoms with E-state index in [1.807, 2.05) is 0 Å². The van der Waals surface area contributed by atoms with Crippen LogP contribution in [0.4, 0.5) is 42.5 Å². The molecule has 0 saturated heterocycles. The topological polar surface area (TPSA) is 106 Å². The zero-order valence-corrected chi connectivity index (χ0v) is 17.2. The monoisotopic (exact) mass is 504 g/mol. The van der Waals surface area contributed by atoms with Gasteiger partial charge in [0.25, 0.3) is 5.91 Å². The highest BCUT2D eigenvalue weighted by Gasteiger charge is 2.32. The molecule has 0 aliphatic rings. The first-order chi connectivity index (χ1) is 15.9. The van der Waals surface area contributed by atoms with Gasteiger partial charge in [-0.15, -0.1) is 0 Å². The van der Waals surface area contributed by atoms with Crippen LogP contribution in [-0.2, 0) is 6.18 Å². The Bertz CT molecular complexity index is 1290. The molecule has 1 aromatic heterocycles. The second-order valence-corrected chi connectivity index (χ2v) is 6.90. The average molecular weight is 505 g/mol. The van der Waals surface area contributed by atoms with E-state index < -0.39 is 69.0 Å². The summed E-state index contributed by atoms with van der Waals surface area (Å²) in [5.74, 6) is -6.23. The quantitative estimate of drug-likeness (QED) is 0.321. The molecule has 0 fully saturated rings. The lowest BCUT2D eigenvalue weighted by molar-refractivity contribution is -0.137. The molecule has 3 aromatic rings. The van der Waals surface area contributed by atoms with Crippen LogP contribution in [0.2, 0.25) is 5.02 Å². The summed E-state index contributed by atoms with van der Waals surface area (Å²) in [7, 11) is 0. The Balaban J connectivity index is 1.75. The highest BCUT2D eigenvalue weighted by atomic mass is 35.5. The maximum Gasteiger partial charge on any atom is 0.417 e. The van der Waals surface area contributed by atoms with Gasteiger partial charge in [0.1, 0.15) is 16.4 Å². The molecule has 178 valence electrons. The molecule has 4 N–H and O–H groups in total. The minimum atomic E-state index is -4.72. The predicted octanol–water partition coefficient (Wildman–Crippen LogP) is 5.51. The number of rotatable bonds is 4. The van der Waals surface area contributed by atoms with Crippen molar-refractivity contribution < 1.29 is 40.7 Å². The smallest absolute Gasteiger partial charge is 0.417 e. The number of carbonyl (C=O) groups excluding carboxylic acids is 2. The molecule has 3 rings (SSSR count). The summed E-state index contributed by atoms with van der Waals surface area (Å²) in [6.45, 7) is 0. The summed E-state index contributed by atoms with van der Waals surface area (Å²) in [6, 6.07) is 3.65. The molecule has 0 aliphatic carbocycles. The van der Waals surface area contributed by atoms with Gasteiger partial charge in [0.2, 0.25) is 5.88 Å². The van der Waals surface area contributed by atoms with Gasteiger partial charge in [-0.3, -0.25) is 10.1 Å². The number of ether oxygens (including phenoxy) is 1. The van der Waals surface area contributed by atoms with Crippen LogP contribution in [0.25, 0.3) is 0 Å². The van der Waals surface area contributed by atoms with Crippen molar-refractivity contribution in [3.63, 3.8) is 0 Å². The Morgan fingerprint density at radius 3 is 2.35 bits per heavy atom. The summed E-state index contributed by atoms with van der Waals surface area (Å²) in [4.78, 5) is 27.5. The molecule has 1 heterocycles. The van der Waals surface area contributed by atoms with Gasteiger partial charge in [-0.25, -0.2) is 22.9 Å². The number of halogens is 7. The van der Waals surface area contributed by atoms with E-state index in [9.17, 15) is 35.9 Å². The van der Waals surface area contributed by atoms with E-state index in [0.29, 0.717) is 12.3 Å². The van der Waals surface area contributed by atoms with Gasteiger partial charge in [-0.05, 0) is 30.3 Å². The van der Waals surface area contributed by atoms with Crippen LogP contribution in [0.3, 0.4) is 0 Å². The fraction of sp³-hybridized carbons (Fsp3) is 0.0500. The standard InChI is InChI=1S/C20H11ClF6N4O3/c21-10-5-8(20(25,26)27)7-29-18(10)34-14-6-9(1-2-11(14)22)30-19(33)31-17(32)15-12(23)3-4-13(28)16(15)24/h1-7H,28H2,(H2,30,31,32,33). The highest BCUT2D eigenvalue weighted by molar-refractivity contribution is 6.31. The number of aromatic nitrogens is 1. The number of imide groups is 1. The van der Waals surface area contributed by atoms with Crippen LogP contribution >= 0.6 is 11.6 Å². The molecule has 0 bridgehead atoms. The normalized spacial score (nSPS) is 11.1. The molecule has 0 saturated carbocycles. The summed E-state index contributed by atoms with van der Waals surface area (Å²) in [6.07, 6.45) is -4.29. The second kappa shape index (κ2) is 9.47. The molecule has 0 spiro atoms. The van der Waals surface area contributed by atoms with Crippen molar-refractivity contribution in [3.8, 4) is 11.6 Å². The zero-order valence-electron chi connectivity index (χ0n) is 16.4. The van der Waals surface area contributed by atoms with E-state index in [1.54, 1.807) is 5.32 Å². The van der Waals surface area contributed by atoms with E-state index in [0.717, 1.165) is 30.3 Å². The molecule has 2 aromatic carbocycles. The van der Waals surface area contributed by atoms with Crippen molar-refractivity contribution in [1.82, 2.24) is 10.3 Å². The SMILES string of the molecule is Nc1ccc(F)c(C(=O)NC(=O)Nc2ccc(F)c(Oc3ncc(C(F)(F)F)cc3Cl)c2)c1F. The van der Waals surface area contributed by atoms with Crippen LogP contribution in [-0.4, -0.2) is 16.9 Å². The molecule has 34 heavy (non-hydrogen) atoms. The third kappa shape index (κ3) is 5.49. The molecule has 7 nitrogen and oxygen atoms in total. The molecule has 0 unspecified atom stereocenters. The predicted molar refractivity (Wildman–Crippen MR) is 108 cm³/mol. The fourth-order valence-corrected chi connectivity index (χ4v) is 2.73. The largest absolute Gasteiger partial charge is 0.434 e. The van der Waals surface area contributed by atoms with Crippen molar-refractivity contribution in [2.75, 3.05) is 11.1 Å². The van der Waals surface area contributed by atoms with E-state index in [2.05, 4.69) is 10.3 Å². The summed E-state index contributed by atoms with van der Waals surface area (Å²) >= 11 is 5.72. The molecule has 14 heteroatoms. The van der Waals surface area contributed by atoms with E-state index in [4.69, 9.17) is 22.1 Å². The number of alkyl halides is 3. The van der Waals surface area contributed by atoms with Crippen molar-refractivity contribution >= 4 is 34.9 Å². The lowest BCUT2D eigenvalue weighted by Gasteiger charge is -2.12. The lowest BCUT2D eigenvalue weighted by Crippen LogP contribution is -2.35. The van der Waals surface area contributed by atoms with Crippen LogP contribution in [0.5, 0.6) is 11.6 Å². The minimum Gasteiger partial charge on any atom is -0.434 e.